The molecule has 0 saturated heterocycles. The summed E-state index contributed by atoms with van der Waals surface area (Å²) in [4.78, 5) is 45.2. The Morgan fingerprint density at radius 1 is 1.10 bits per heavy atom. The van der Waals surface area contributed by atoms with Crippen molar-refractivity contribution < 1.29 is 27.6 Å². The molecule has 2 aliphatic rings. The molecule has 208 valence electrons. The van der Waals surface area contributed by atoms with Crippen molar-refractivity contribution >= 4 is 17.8 Å². The lowest BCUT2D eigenvalue weighted by Gasteiger charge is -2.33. The summed E-state index contributed by atoms with van der Waals surface area (Å²) < 4.78 is 39.4. The number of benzene rings is 2. The van der Waals surface area contributed by atoms with Crippen LogP contribution in [0.1, 0.15) is 29.7 Å². The highest BCUT2D eigenvalue weighted by molar-refractivity contribution is 6.03. The Balaban J connectivity index is 1.68. The van der Waals surface area contributed by atoms with E-state index in [9.17, 15) is 27.6 Å². The SMILES string of the molecule is CCN1C(=O)N[C@H](c2ccc(C(F)(F)F)cc2)C2=C1CN([C@@H](Cc1ccccc1)C(=O)NCCN(C)C)C2=O. The summed E-state index contributed by atoms with van der Waals surface area (Å²) in [5.74, 6) is -0.751. The topological polar surface area (TPSA) is 85.0 Å². The summed E-state index contributed by atoms with van der Waals surface area (Å²) in [6.45, 7) is 3.09. The van der Waals surface area contributed by atoms with Crippen molar-refractivity contribution in [2.75, 3.05) is 40.3 Å². The van der Waals surface area contributed by atoms with Crippen molar-refractivity contribution in [2.24, 2.45) is 0 Å². The Kier molecular flexibility index (Phi) is 8.29. The van der Waals surface area contributed by atoms with Gasteiger partial charge in [0.2, 0.25) is 5.91 Å². The molecule has 8 nitrogen and oxygen atoms in total. The van der Waals surface area contributed by atoms with Gasteiger partial charge in [-0.1, -0.05) is 42.5 Å². The van der Waals surface area contributed by atoms with E-state index in [4.69, 9.17) is 0 Å². The highest BCUT2D eigenvalue weighted by Gasteiger charge is 2.47. The lowest BCUT2D eigenvalue weighted by atomic mass is 9.94. The second-order valence-electron chi connectivity index (χ2n) is 9.84. The van der Waals surface area contributed by atoms with Crippen LogP contribution in [0.3, 0.4) is 0 Å². The second kappa shape index (κ2) is 11.5. The molecule has 4 amide bonds. The number of urea groups is 1. The zero-order valence-electron chi connectivity index (χ0n) is 22.1. The van der Waals surface area contributed by atoms with Crippen LogP contribution >= 0.6 is 0 Å². The van der Waals surface area contributed by atoms with E-state index < -0.39 is 35.8 Å². The molecule has 11 heteroatoms. The molecule has 2 aliphatic heterocycles. The van der Waals surface area contributed by atoms with Gasteiger partial charge in [0, 0.05) is 26.1 Å². The standard InChI is InChI=1S/C28H32F3N5O3/c1-4-35-22-17-36(21(16-18-8-6-5-7-9-18)25(37)32-14-15-34(2)3)26(38)23(22)24(33-27(35)39)19-10-12-20(13-11-19)28(29,30)31/h5-13,21,24H,4,14-17H2,1-3H3,(H,32,37)(H,33,39)/t21-,24+/m0/s1. The second-order valence-corrected chi connectivity index (χ2v) is 9.84. The number of rotatable bonds is 9. The first-order chi connectivity index (χ1) is 18.5. The molecule has 0 unspecified atom stereocenters. The van der Waals surface area contributed by atoms with Crippen LogP contribution in [0, 0.1) is 0 Å². The van der Waals surface area contributed by atoms with Gasteiger partial charge in [-0.25, -0.2) is 4.79 Å². The zero-order chi connectivity index (χ0) is 28.3. The third-order valence-electron chi connectivity index (χ3n) is 6.95. The van der Waals surface area contributed by atoms with Gasteiger partial charge in [0.15, 0.2) is 0 Å². The van der Waals surface area contributed by atoms with Gasteiger partial charge in [-0.15, -0.1) is 0 Å². The molecule has 39 heavy (non-hydrogen) atoms. The molecular formula is C28H32F3N5O3. The van der Waals surface area contributed by atoms with E-state index in [0.29, 0.717) is 24.4 Å². The number of alkyl halides is 3. The van der Waals surface area contributed by atoms with Crippen LogP contribution in [-0.2, 0) is 22.2 Å². The molecule has 0 saturated carbocycles. The van der Waals surface area contributed by atoms with Crippen LogP contribution in [0.2, 0.25) is 0 Å². The number of carbonyl (C=O) groups excluding carboxylic acids is 3. The quantitative estimate of drug-likeness (QED) is 0.509. The maximum absolute atomic E-state index is 14.0. The maximum Gasteiger partial charge on any atom is 0.416 e. The largest absolute Gasteiger partial charge is 0.416 e. The van der Waals surface area contributed by atoms with Crippen LogP contribution in [0.15, 0.2) is 65.9 Å². The zero-order valence-corrected chi connectivity index (χ0v) is 22.1. The maximum atomic E-state index is 14.0. The Morgan fingerprint density at radius 2 is 1.77 bits per heavy atom. The first-order valence-corrected chi connectivity index (χ1v) is 12.8. The summed E-state index contributed by atoms with van der Waals surface area (Å²) in [6.07, 6.45) is -4.25. The average molecular weight is 544 g/mol. The minimum Gasteiger partial charge on any atom is -0.353 e. The fourth-order valence-corrected chi connectivity index (χ4v) is 4.92. The third-order valence-corrected chi connectivity index (χ3v) is 6.95. The third kappa shape index (κ3) is 6.08. The van der Waals surface area contributed by atoms with Crippen molar-refractivity contribution in [1.82, 2.24) is 25.3 Å². The van der Waals surface area contributed by atoms with Gasteiger partial charge in [0.05, 0.1) is 29.4 Å². The monoisotopic (exact) mass is 543 g/mol. The van der Waals surface area contributed by atoms with E-state index in [0.717, 1.165) is 17.7 Å². The summed E-state index contributed by atoms with van der Waals surface area (Å²) in [7, 11) is 3.78. The van der Waals surface area contributed by atoms with E-state index >= 15 is 0 Å². The minimum atomic E-state index is -4.51. The van der Waals surface area contributed by atoms with Crippen LogP contribution in [-0.4, -0.2) is 78.9 Å². The molecule has 0 radical (unpaired) electrons. The van der Waals surface area contributed by atoms with Crippen molar-refractivity contribution in [3.05, 3.63) is 82.6 Å². The van der Waals surface area contributed by atoms with Crippen molar-refractivity contribution in [3.8, 4) is 0 Å². The first-order valence-electron chi connectivity index (χ1n) is 12.8. The van der Waals surface area contributed by atoms with Gasteiger partial charge in [0.25, 0.3) is 5.91 Å². The molecule has 2 heterocycles. The van der Waals surface area contributed by atoms with Gasteiger partial charge < -0.3 is 20.4 Å². The number of amides is 4. The Hall–Kier alpha value is -3.86. The fourth-order valence-electron chi connectivity index (χ4n) is 4.92. The summed E-state index contributed by atoms with van der Waals surface area (Å²) in [5.41, 5.74) is 1.11. The smallest absolute Gasteiger partial charge is 0.353 e. The number of nitrogens with zero attached hydrogens (tertiary/aromatic N) is 3. The lowest BCUT2D eigenvalue weighted by Crippen LogP contribution is -2.50. The average Bonchev–Trinajstić information content (AvgIpc) is 3.23. The number of hydrogen-bond donors (Lipinski definition) is 2. The number of nitrogens with one attached hydrogen (secondary N) is 2. The summed E-state index contributed by atoms with van der Waals surface area (Å²) in [5, 5.41) is 5.69. The first kappa shape index (κ1) is 28.2. The molecule has 0 fully saturated rings. The molecule has 0 aliphatic carbocycles. The van der Waals surface area contributed by atoms with Crippen molar-refractivity contribution in [2.45, 2.75) is 31.6 Å². The highest BCUT2D eigenvalue weighted by Crippen LogP contribution is 2.38. The van der Waals surface area contributed by atoms with Crippen molar-refractivity contribution in [1.29, 1.82) is 0 Å². The molecule has 0 aromatic heterocycles. The van der Waals surface area contributed by atoms with E-state index in [-0.39, 0.29) is 31.0 Å². The van der Waals surface area contributed by atoms with Crippen molar-refractivity contribution in [3.63, 3.8) is 0 Å². The Labute approximate surface area is 225 Å². The molecule has 2 aromatic carbocycles. The van der Waals surface area contributed by atoms with E-state index in [1.165, 1.54) is 21.9 Å². The molecule has 2 atom stereocenters. The van der Waals surface area contributed by atoms with Gasteiger partial charge in [-0.3, -0.25) is 14.5 Å². The molecule has 0 spiro atoms. The summed E-state index contributed by atoms with van der Waals surface area (Å²) >= 11 is 0. The van der Waals surface area contributed by atoms with Gasteiger partial charge in [-0.05, 0) is 44.3 Å². The van der Waals surface area contributed by atoms with E-state index in [1.54, 1.807) is 6.92 Å². The minimum absolute atomic E-state index is 0.0329. The van der Waals surface area contributed by atoms with Gasteiger partial charge >= 0.3 is 12.2 Å². The molecule has 0 bridgehead atoms. The van der Waals surface area contributed by atoms with Gasteiger partial charge in [0.1, 0.15) is 6.04 Å². The predicted octanol–water partition coefficient (Wildman–Crippen LogP) is 3.18. The van der Waals surface area contributed by atoms with Crippen LogP contribution < -0.4 is 10.6 Å². The van der Waals surface area contributed by atoms with E-state index in [1.807, 2.05) is 49.3 Å². The van der Waals surface area contributed by atoms with Gasteiger partial charge in [-0.2, -0.15) is 13.2 Å². The number of likely N-dealkylation sites (N-methyl/N-ethyl adjacent to an activating group) is 2. The fraction of sp³-hybridized carbons (Fsp3) is 0.393. The van der Waals surface area contributed by atoms with Crippen LogP contribution in [0.25, 0.3) is 0 Å². The predicted molar refractivity (Wildman–Crippen MR) is 139 cm³/mol. The molecule has 2 N–H and O–H groups in total. The highest BCUT2D eigenvalue weighted by atomic mass is 19.4. The normalized spacial score (nSPS) is 18.4. The van der Waals surface area contributed by atoms with E-state index in [2.05, 4.69) is 10.6 Å². The number of hydrogen-bond acceptors (Lipinski definition) is 4. The number of halogens is 3. The molecule has 4 rings (SSSR count). The van der Waals surface area contributed by atoms with Crippen LogP contribution in [0.5, 0.6) is 0 Å². The Bertz CT molecular complexity index is 1250. The summed E-state index contributed by atoms with van der Waals surface area (Å²) in [6, 6.07) is 11.5. The molecular weight excluding hydrogens is 511 g/mol. The molecule has 2 aromatic rings. The lowest BCUT2D eigenvalue weighted by molar-refractivity contribution is -0.137. The number of carbonyl (C=O) groups is 3. The Morgan fingerprint density at radius 3 is 2.36 bits per heavy atom. The van der Waals surface area contributed by atoms with Crippen LogP contribution in [0.4, 0.5) is 18.0 Å².